The molecule has 0 saturated heterocycles. The first-order valence-corrected chi connectivity index (χ1v) is 20.1. The van der Waals surface area contributed by atoms with E-state index >= 15 is 0 Å². The van der Waals surface area contributed by atoms with Crippen LogP contribution in [0.5, 0.6) is 0 Å². The van der Waals surface area contributed by atoms with Crippen LogP contribution in [0.25, 0.3) is 106 Å². The molecule has 1 aliphatic rings. The van der Waals surface area contributed by atoms with E-state index in [0.29, 0.717) is 0 Å². The van der Waals surface area contributed by atoms with Gasteiger partial charge in [-0.25, -0.2) is 0 Å². The molecule has 248 valence electrons. The molecule has 2 heteroatoms. The topological polar surface area (TPSA) is 0 Å². The van der Waals surface area contributed by atoms with Crippen molar-refractivity contribution in [2.24, 2.45) is 0 Å². The third kappa shape index (κ3) is 4.05. The van der Waals surface area contributed by atoms with Crippen molar-refractivity contribution >= 4 is 95.3 Å². The predicted octanol–water partition coefficient (Wildman–Crippen LogP) is 15.5. The van der Waals surface area contributed by atoms with Crippen molar-refractivity contribution in [3.8, 4) is 33.4 Å². The molecule has 0 aliphatic heterocycles. The summed E-state index contributed by atoms with van der Waals surface area (Å²) in [6.07, 6.45) is 0. The maximum Gasteiger partial charge on any atom is 0.0361 e. The van der Waals surface area contributed by atoms with Crippen molar-refractivity contribution in [3.05, 3.63) is 169 Å². The molecule has 9 aromatic carbocycles. The maximum atomic E-state index is 2.48. The zero-order chi connectivity index (χ0) is 35.0. The second-order valence-electron chi connectivity index (χ2n) is 15.2. The Kier molecular flexibility index (Phi) is 5.97. The second kappa shape index (κ2) is 10.6. The van der Waals surface area contributed by atoms with Crippen LogP contribution in [0.15, 0.2) is 158 Å². The summed E-state index contributed by atoms with van der Waals surface area (Å²) in [5.74, 6) is 0. The first-order valence-electron chi connectivity index (χ1n) is 18.4. The van der Waals surface area contributed by atoms with Crippen molar-refractivity contribution in [1.29, 1.82) is 0 Å². The summed E-state index contributed by atoms with van der Waals surface area (Å²) in [4.78, 5) is 0. The molecule has 0 amide bonds. The van der Waals surface area contributed by atoms with Crippen LogP contribution in [-0.2, 0) is 5.41 Å². The molecule has 12 rings (SSSR count). The van der Waals surface area contributed by atoms with Crippen LogP contribution in [0.2, 0.25) is 0 Å². The minimum Gasteiger partial charge on any atom is -0.135 e. The van der Waals surface area contributed by atoms with Gasteiger partial charge in [-0.3, -0.25) is 0 Å². The smallest absolute Gasteiger partial charge is 0.0361 e. The predicted molar refractivity (Wildman–Crippen MR) is 233 cm³/mol. The molecule has 0 radical (unpaired) electrons. The average Bonchev–Trinajstić information content (AvgIpc) is 3.83. The van der Waals surface area contributed by atoms with E-state index in [2.05, 4.69) is 172 Å². The van der Waals surface area contributed by atoms with E-state index in [0.717, 1.165) is 0 Å². The summed E-state index contributed by atoms with van der Waals surface area (Å²) >= 11 is 3.80. The average molecular weight is 709 g/mol. The Labute approximate surface area is 315 Å². The molecular formula is C51H32S2. The Balaban J connectivity index is 1.11. The van der Waals surface area contributed by atoms with Gasteiger partial charge in [0.15, 0.2) is 0 Å². The number of hydrogen-bond acceptors (Lipinski definition) is 2. The first kappa shape index (κ1) is 29.7. The van der Waals surface area contributed by atoms with E-state index in [1.54, 1.807) is 0 Å². The van der Waals surface area contributed by atoms with E-state index < -0.39 is 0 Å². The van der Waals surface area contributed by atoms with Gasteiger partial charge in [0.25, 0.3) is 0 Å². The van der Waals surface area contributed by atoms with E-state index in [1.807, 2.05) is 22.7 Å². The monoisotopic (exact) mass is 708 g/mol. The highest BCUT2D eigenvalue weighted by molar-refractivity contribution is 7.26. The van der Waals surface area contributed by atoms with Gasteiger partial charge in [0.05, 0.1) is 0 Å². The standard InChI is InChI=1S/C51H32S2/c1-51(2)42-17-9-7-11-32(42)33-22-19-31(26-43(33)51)49-36-14-5-3-12-34(36)48(35-13-4-6-15-37(35)49)30-21-23-45-40(25-30)41-28-39-29(27-47(41)53-45)20-24-46-50(39)38-16-8-10-18-44(38)52-46/h3-28H,1-2H3. The van der Waals surface area contributed by atoms with Crippen LogP contribution in [-0.4, -0.2) is 0 Å². The van der Waals surface area contributed by atoms with Gasteiger partial charge in [-0.15, -0.1) is 22.7 Å². The number of fused-ring (bicyclic) bond motifs is 13. The van der Waals surface area contributed by atoms with Crippen LogP contribution in [0.3, 0.4) is 0 Å². The third-order valence-electron chi connectivity index (χ3n) is 12.0. The second-order valence-corrected chi connectivity index (χ2v) is 17.4. The highest BCUT2D eigenvalue weighted by Gasteiger charge is 2.35. The first-order chi connectivity index (χ1) is 26.0. The van der Waals surface area contributed by atoms with E-state index in [4.69, 9.17) is 0 Å². The van der Waals surface area contributed by atoms with Crippen molar-refractivity contribution in [2.45, 2.75) is 19.3 Å². The van der Waals surface area contributed by atoms with Gasteiger partial charge in [0.1, 0.15) is 0 Å². The molecule has 2 aromatic heterocycles. The fraction of sp³-hybridized carbons (Fsp3) is 0.0588. The number of benzene rings is 9. The summed E-state index contributed by atoms with van der Waals surface area (Å²) in [5.41, 5.74) is 10.6. The summed E-state index contributed by atoms with van der Waals surface area (Å²) in [5, 5.41) is 13.2. The fourth-order valence-corrected chi connectivity index (χ4v) is 11.8. The van der Waals surface area contributed by atoms with Crippen molar-refractivity contribution in [3.63, 3.8) is 0 Å². The van der Waals surface area contributed by atoms with Crippen molar-refractivity contribution < 1.29 is 0 Å². The Morgan fingerprint density at radius 2 is 0.906 bits per heavy atom. The maximum absolute atomic E-state index is 2.48. The quantitative estimate of drug-likeness (QED) is 0.157. The molecule has 0 unspecified atom stereocenters. The zero-order valence-electron chi connectivity index (χ0n) is 29.3. The van der Waals surface area contributed by atoms with Gasteiger partial charge in [-0.1, -0.05) is 129 Å². The molecule has 0 bridgehead atoms. The minimum absolute atomic E-state index is 0.0557. The highest BCUT2D eigenvalue weighted by Crippen LogP contribution is 2.52. The minimum atomic E-state index is -0.0557. The summed E-state index contributed by atoms with van der Waals surface area (Å²) in [6, 6.07) is 59.8. The molecular weight excluding hydrogens is 677 g/mol. The van der Waals surface area contributed by atoms with Crippen molar-refractivity contribution in [1.82, 2.24) is 0 Å². The SMILES string of the molecule is CC1(C)c2ccccc2-c2ccc(-c3c4ccccc4c(-c4ccc5sc6cc7ccc8sc9ccccc9c8c7cc6c5c4)c4ccccc34)cc21. The lowest BCUT2D eigenvalue weighted by Crippen LogP contribution is -2.14. The van der Waals surface area contributed by atoms with Crippen LogP contribution in [0.1, 0.15) is 25.0 Å². The zero-order valence-corrected chi connectivity index (χ0v) is 31.0. The number of rotatable bonds is 2. The normalized spacial score (nSPS) is 13.6. The Morgan fingerprint density at radius 1 is 0.358 bits per heavy atom. The van der Waals surface area contributed by atoms with Crippen LogP contribution in [0.4, 0.5) is 0 Å². The highest BCUT2D eigenvalue weighted by atomic mass is 32.1. The molecule has 2 heterocycles. The van der Waals surface area contributed by atoms with Crippen LogP contribution >= 0.6 is 22.7 Å². The van der Waals surface area contributed by atoms with E-state index in [1.165, 1.54) is 117 Å². The largest absolute Gasteiger partial charge is 0.135 e. The molecule has 53 heavy (non-hydrogen) atoms. The van der Waals surface area contributed by atoms with Gasteiger partial charge in [0.2, 0.25) is 0 Å². The molecule has 11 aromatic rings. The Bertz CT molecular complexity index is 3310. The van der Waals surface area contributed by atoms with Crippen LogP contribution < -0.4 is 0 Å². The van der Waals surface area contributed by atoms with Crippen molar-refractivity contribution in [2.75, 3.05) is 0 Å². The summed E-state index contributed by atoms with van der Waals surface area (Å²) in [6.45, 7) is 4.75. The van der Waals surface area contributed by atoms with Gasteiger partial charge in [-0.2, -0.15) is 0 Å². The molecule has 0 N–H and O–H groups in total. The molecule has 0 atom stereocenters. The lowest BCUT2D eigenvalue weighted by atomic mass is 9.80. The third-order valence-corrected chi connectivity index (χ3v) is 14.3. The fourth-order valence-electron chi connectivity index (χ4n) is 9.58. The van der Waals surface area contributed by atoms with Gasteiger partial charge in [-0.05, 0) is 119 Å². The number of thiophene rings is 2. The molecule has 0 saturated carbocycles. The van der Waals surface area contributed by atoms with E-state index in [-0.39, 0.29) is 5.41 Å². The Hall–Kier alpha value is -5.80. The van der Waals surface area contributed by atoms with Gasteiger partial charge in [0, 0.05) is 45.8 Å². The lowest BCUT2D eigenvalue weighted by molar-refractivity contribution is 0.660. The number of hydrogen-bond donors (Lipinski definition) is 0. The van der Waals surface area contributed by atoms with Crippen LogP contribution in [0, 0.1) is 0 Å². The summed E-state index contributed by atoms with van der Waals surface area (Å²) in [7, 11) is 0. The molecule has 0 spiro atoms. The molecule has 1 aliphatic carbocycles. The van der Waals surface area contributed by atoms with Gasteiger partial charge >= 0.3 is 0 Å². The summed E-state index contributed by atoms with van der Waals surface area (Å²) < 4.78 is 5.38. The molecule has 0 nitrogen and oxygen atoms in total. The van der Waals surface area contributed by atoms with Gasteiger partial charge < -0.3 is 0 Å². The lowest BCUT2D eigenvalue weighted by Gasteiger charge is -2.23. The molecule has 0 fully saturated rings. The Morgan fingerprint density at radius 3 is 1.66 bits per heavy atom. The van der Waals surface area contributed by atoms with E-state index in [9.17, 15) is 0 Å².